The molecule has 0 unspecified atom stereocenters. The summed E-state index contributed by atoms with van der Waals surface area (Å²) in [6.07, 6.45) is 0. The summed E-state index contributed by atoms with van der Waals surface area (Å²) in [4.78, 5) is 0. The maximum atomic E-state index is 12.7. The zero-order valence-electron chi connectivity index (χ0n) is 8.97. The van der Waals surface area contributed by atoms with Crippen LogP contribution in [0.1, 0.15) is 26.3 Å². The first-order valence-corrected chi connectivity index (χ1v) is 4.71. The molecule has 82 valence electrons. The van der Waals surface area contributed by atoms with Crippen molar-refractivity contribution >= 4 is 0 Å². The second kappa shape index (κ2) is 6.77. The maximum Gasteiger partial charge on any atom is 0.162 e. The lowest BCUT2D eigenvalue weighted by Gasteiger charge is -2.04. The Morgan fingerprint density at radius 2 is 1.80 bits per heavy atom. The van der Waals surface area contributed by atoms with E-state index in [0.29, 0.717) is 6.61 Å². The Labute approximate surface area is 88.1 Å². The van der Waals surface area contributed by atoms with Gasteiger partial charge in [0.2, 0.25) is 0 Å². The van der Waals surface area contributed by atoms with Crippen LogP contribution in [0, 0.1) is 23.0 Å². The Bertz CT molecular complexity index is 358. The number of rotatable bonds is 2. The van der Waals surface area contributed by atoms with Crippen molar-refractivity contribution in [3.05, 3.63) is 29.3 Å². The SMILES string of the molecule is CC.CCOc1cc(F)c(F)cc1C#N. The second-order valence-electron chi connectivity index (χ2n) is 2.31. The van der Waals surface area contributed by atoms with Gasteiger partial charge >= 0.3 is 0 Å². The first kappa shape index (κ1) is 13.4. The van der Waals surface area contributed by atoms with Crippen LogP contribution in [-0.2, 0) is 0 Å². The van der Waals surface area contributed by atoms with E-state index in [1.165, 1.54) is 0 Å². The van der Waals surface area contributed by atoms with Crippen LogP contribution in [0.25, 0.3) is 0 Å². The number of hydrogen-bond acceptors (Lipinski definition) is 2. The smallest absolute Gasteiger partial charge is 0.162 e. The first-order valence-electron chi connectivity index (χ1n) is 4.71. The second-order valence-corrected chi connectivity index (χ2v) is 2.31. The molecule has 2 nitrogen and oxygen atoms in total. The van der Waals surface area contributed by atoms with Crippen molar-refractivity contribution in [2.45, 2.75) is 20.8 Å². The van der Waals surface area contributed by atoms with Gasteiger partial charge in [-0.25, -0.2) is 8.78 Å². The highest BCUT2D eigenvalue weighted by molar-refractivity contribution is 5.43. The molecular weight excluding hydrogens is 200 g/mol. The number of halogens is 2. The summed E-state index contributed by atoms with van der Waals surface area (Å²) in [5, 5.41) is 8.54. The monoisotopic (exact) mass is 213 g/mol. The van der Waals surface area contributed by atoms with Gasteiger partial charge in [0.05, 0.1) is 12.2 Å². The van der Waals surface area contributed by atoms with Crippen LogP contribution in [0.5, 0.6) is 5.75 Å². The molecule has 1 aromatic carbocycles. The van der Waals surface area contributed by atoms with Gasteiger partial charge in [-0.1, -0.05) is 13.8 Å². The molecule has 1 aromatic rings. The summed E-state index contributed by atoms with van der Waals surface area (Å²) in [6, 6.07) is 3.41. The van der Waals surface area contributed by atoms with Crippen LogP contribution in [-0.4, -0.2) is 6.61 Å². The third-order valence-electron chi connectivity index (χ3n) is 1.44. The Kier molecular flexibility index (Phi) is 6.03. The zero-order chi connectivity index (χ0) is 11.8. The summed E-state index contributed by atoms with van der Waals surface area (Å²) in [5.74, 6) is -1.98. The standard InChI is InChI=1S/C9H7F2NO.C2H6/c1-2-13-9-4-8(11)7(10)3-6(9)5-12;1-2/h3-4H,2H2,1H3;1-2H3. The van der Waals surface area contributed by atoms with Crippen molar-refractivity contribution in [2.24, 2.45) is 0 Å². The summed E-state index contributed by atoms with van der Waals surface area (Å²) in [5.41, 5.74) is 0.000694. The molecular formula is C11H13F2NO. The molecule has 0 amide bonds. The van der Waals surface area contributed by atoms with Crippen LogP contribution in [0.3, 0.4) is 0 Å². The van der Waals surface area contributed by atoms with Crippen LogP contribution < -0.4 is 4.74 Å². The van der Waals surface area contributed by atoms with Crippen LogP contribution in [0.15, 0.2) is 12.1 Å². The molecule has 0 fully saturated rings. The normalized spacial score (nSPS) is 8.53. The van der Waals surface area contributed by atoms with Crippen molar-refractivity contribution < 1.29 is 13.5 Å². The molecule has 0 aliphatic rings. The third-order valence-corrected chi connectivity index (χ3v) is 1.44. The molecule has 0 radical (unpaired) electrons. The van der Waals surface area contributed by atoms with Crippen molar-refractivity contribution in [1.29, 1.82) is 5.26 Å². The van der Waals surface area contributed by atoms with Gasteiger partial charge in [0, 0.05) is 6.07 Å². The molecule has 0 saturated heterocycles. The summed E-state index contributed by atoms with van der Waals surface area (Å²) >= 11 is 0. The topological polar surface area (TPSA) is 33.0 Å². The van der Waals surface area contributed by atoms with E-state index >= 15 is 0 Å². The molecule has 4 heteroatoms. The van der Waals surface area contributed by atoms with Crippen molar-refractivity contribution in [3.63, 3.8) is 0 Å². The van der Waals surface area contributed by atoms with E-state index < -0.39 is 11.6 Å². The molecule has 0 spiro atoms. The zero-order valence-corrected chi connectivity index (χ0v) is 8.97. The van der Waals surface area contributed by atoms with E-state index in [1.807, 2.05) is 13.8 Å². The number of benzene rings is 1. The molecule has 1 rings (SSSR count). The molecule has 0 saturated carbocycles. The summed E-state index contributed by atoms with van der Waals surface area (Å²) in [7, 11) is 0. The predicted octanol–water partition coefficient (Wildman–Crippen LogP) is 3.26. The molecule has 0 N–H and O–H groups in total. The Hall–Kier alpha value is -1.63. The van der Waals surface area contributed by atoms with Crippen molar-refractivity contribution in [1.82, 2.24) is 0 Å². The number of nitriles is 1. The molecule has 15 heavy (non-hydrogen) atoms. The Morgan fingerprint density at radius 3 is 2.27 bits per heavy atom. The van der Waals surface area contributed by atoms with Gasteiger partial charge in [0.25, 0.3) is 0 Å². The highest BCUT2D eigenvalue weighted by atomic mass is 19.2. The summed E-state index contributed by atoms with van der Waals surface area (Å²) < 4.78 is 30.2. The fourth-order valence-electron chi connectivity index (χ4n) is 0.891. The summed E-state index contributed by atoms with van der Waals surface area (Å²) in [6.45, 7) is 6.00. The van der Waals surface area contributed by atoms with E-state index in [9.17, 15) is 8.78 Å². The minimum atomic E-state index is -1.04. The quantitative estimate of drug-likeness (QED) is 0.755. The van der Waals surface area contributed by atoms with E-state index in [4.69, 9.17) is 10.00 Å². The number of hydrogen-bond donors (Lipinski definition) is 0. The Morgan fingerprint density at radius 1 is 1.27 bits per heavy atom. The Balaban J connectivity index is 0.000000921. The molecule has 0 aliphatic carbocycles. The largest absolute Gasteiger partial charge is 0.492 e. The van der Waals surface area contributed by atoms with Crippen LogP contribution in [0.2, 0.25) is 0 Å². The van der Waals surface area contributed by atoms with E-state index in [2.05, 4.69) is 0 Å². The minimum Gasteiger partial charge on any atom is -0.492 e. The lowest BCUT2D eigenvalue weighted by atomic mass is 10.2. The average molecular weight is 213 g/mol. The van der Waals surface area contributed by atoms with E-state index in [0.717, 1.165) is 12.1 Å². The van der Waals surface area contributed by atoms with E-state index in [1.54, 1.807) is 13.0 Å². The lowest BCUT2D eigenvalue weighted by molar-refractivity contribution is 0.335. The van der Waals surface area contributed by atoms with Gasteiger partial charge in [-0.2, -0.15) is 5.26 Å². The van der Waals surface area contributed by atoms with Crippen molar-refractivity contribution in [3.8, 4) is 11.8 Å². The predicted molar refractivity (Wildman–Crippen MR) is 53.6 cm³/mol. The minimum absolute atomic E-state index is 0.000694. The number of nitrogens with zero attached hydrogens (tertiary/aromatic N) is 1. The first-order chi connectivity index (χ1) is 7.19. The van der Waals surface area contributed by atoms with Crippen molar-refractivity contribution in [2.75, 3.05) is 6.61 Å². The van der Waals surface area contributed by atoms with Gasteiger partial charge in [0.15, 0.2) is 11.6 Å². The third kappa shape index (κ3) is 3.55. The van der Waals surface area contributed by atoms with Gasteiger partial charge in [0.1, 0.15) is 11.8 Å². The molecule has 0 aliphatic heterocycles. The fourth-order valence-corrected chi connectivity index (χ4v) is 0.891. The van der Waals surface area contributed by atoms with E-state index in [-0.39, 0.29) is 11.3 Å². The molecule has 0 heterocycles. The average Bonchev–Trinajstić information content (AvgIpc) is 2.26. The fraction of sp³-hybridized carbons (Fsp3) is 0.364. The lowest BCUT2D eigenvalue weighted by Crippen LogP contribution is -1.97. The van der Waals surface area contributed by atoms with Gasteiger partial charge in [-0.15, -0.1) is 0 Å². The van der Waals surface area contributed by atoms with Crippen LogP contribution in [0.4, 0.5) is 8.78 Å². The highest BCUT2D eigenvalue weighted by Gasteiger charge is 2.09. The molecule has 0 aromatic heterocycles. The maximum absolute atomic E-state index is 12.7. The van der Waals surface area contributed by atoms with Gasteiger partial charge in [-0.05, 0) is 13.0 Å². The molecule has 0 atom stereocenters. The molecule has 0 bridgehead atoms. The van der Waals surface area contributed by atoms with Gasteiger partial charge < -0.3 is 4.74 Å². The highest BCUT2D eigenvalue weighted by Crippen LogP contribution is 2.21. The number of ether oxygens (including phenoxy) is 1. The van der Waals surface area contributed by atoms with Gasteiger partial charge in [-0.3, -0.25) is 0 Å². The van der Waals surface area contributed by atoms with Crippen LogP contribution >= 0.6 is 0 Å².